The fourth-order valence-electron chi connectivity index (χ4n) is 2.14. The Hall–Kier alpha value is -1.77. The molecule has 0 amide bonds. The van der Waals surface area contributed by atoms with Crippen molar-refractivity contribution in [3.05, 3.63) is 35.5 Å². The van der Waals surface area contributed by atoms with Gasteiger partial charge in [0.25, 0.3) is 0 Å². The number of hydrogen-bond acceptors (Lipinski definition) is 2. The van der Waals surface area contributed by atoms with Gasteiger partial charge >= 0.3 is 0 Å². The van der Waals surface area contributed by atoms with Crippen LogP contribution >= 0.6 is 0 Å². The molecule has 0 aliphatic heterocycles. The van der Waals surface area contributed by atoms with E-state index in [-0.39, 0.29) is 0 Å². The van der Waals surface area contributed by atoms with Crippen molar-refractivity contribution in [2.24, 2.45) is 5.92 Å². The minimum absolute atomic E-state index is 0.676. The molecule has 0 saturated heterocycles. The first-order valence-corrected chi connectivity index (χ1v) is 6.88. The van der Waals surface area contributed by atoms with Crippen molar-refractivity contribution in [3.63, 3.8) is 0 Å². The Morgan fingerprint density at radius 3 is 2.68 bits per heavy atom. The van der Waals surface area contributed by atoms with Gasteiger partial charge in [-0.05, 0) is 37.8 Å². The highest BCUT2D eigenvalue weighted by molar-refractivity contribution is 5.74. The number of benzene rings is 1. The van der Waals surface area contributed by atoms with Crippen molar-refractivity contribution in [2.75, 3.05) is 5.73 Å². The molecule has 2 N–H and O–H groups in total. The lowest BCUT2D eigenvalue weighted by molar-refractivity contribution is 0.488. The van der Waals surface area contributed by atoms with Gasteiger partial charge in [-0.1, -0.05) is 31.5 Å². The average molecular weight is 257 g/mol. The molecule has 2 aromatic rings. The van der Waals surface area contributed by atoms with Crippen LogP contribution in [-0.2, 0) is 6.54 Å². The standard InChI is InChI=1S/C16H23N3/c1-11(2)7-8-19-10-15(17)16(18-19)14-9-12(3)5-6-13(14)4/h5-6,9-11H,7-8,17H2,1-4H3. The lowest BCUT2D eigenvalue weighted by Gasteiger charge is -2.06. The fourth-order valence-corrected chi connectivity index (χ4v) is 2.14. The Bertz CT molecular complexity index is 567. The highest BCUT2D eigenvalue weighted by Crippen LogP contribution is 2.28. The third-order valence-corrected chi connectivity index (χ3v) is 3.37. The van der Waals surface area contributed by atoms with E-state index >= 15 is 0 Å². The van der Waals surface area contributed by atoms with Crippen LogP contribution in [0.25, 0.3) is 11.3 Å². The van der Waals surface area contributed by atoms with Crippen LogP contribution in [0.4, 0.5) is 5.69 Å². The summed E-state index contributed by atoms with van der Waals surface area (Å²) < 4.78 is 1.96. The van der Waals surface area contributed by atoms with Gasteiger partial charge in [-0.15, -0.1) is 0 Å². The van der Waals surface area contributed by atoms with Crippen LogP contribution in [0.1, 0.15) is 31.4 Å². The molecule has 0 bridgehead atoms. The van der Waals surface area contributed by atoms with Crippen LogP contribution in [0.15, 0.2) is 24.4 Å². The topological polar surface area (TPSA) is 43.8 Å². The largest absolute Gasteiger partial charge is 0.396 e. The van der Waals surface area contributed by atoms with Crippen molar-refractivity contribution < 1.29 is 0 Å². The highest BCUT2D eigenvalue weighted by Gasteiger charge is 2.11. The summed E-state index contributed by atoms with van der Waals surface area (Å²) in [7, 11) is 0. The van der Waals surface area contributed by atoms with Crippen LogP contribution in [0, 0.1) is 19.8 Å². The molecule has 0 spiro atoms. The van der Waals surface area contributed by atoms with Crippen LogP contribution in [0.5, 0.6) is 0 Å². The van der Waals surface area contributed by atoms with Crippen LogP contribution in [0.3, 0.4) is 0 Å². The third kappa shape index (κ3) is 3.16. The first kappa shape index (κ1) is 13.7. The SMILES string of the molecule is Cc1ccc(C)c(-c2nn(CCC(C)C)cc2N)c1. The number of aryl methyl sites for hydroxylation is 3. The first-order valence-electron chi connectivity index (χ1n) is 6.88. The summed E-state index contributed by atoms with van der Waals surface area (Å²) in [5.41, 5.74) is 11.4. The quantitative estimate of drug-likeness (QED) is 0.905. The van der Waals surface area contributed by atoms with E-state index in [1.54, 1.807) is 0 Å². The van der Waals surface area contributed by atoms with E-state index in [0.717, 1.165) is 29.9 Å². The summed E-state index contributed by atoms with van der Waals surface area (Å²) in [6.07, 6.45) is 3.06. The van der Waals surface area contributed by atoms with Crippen molar-refractivity contribution >= 4 is 5.69 Å². The summed E-state index contributed by atoms with van der Waals surface area (Å²) in [6, 6.07) is 6.39. The van der Waals surface area contributed by atoms with Gasteiger partial charge in [-0.3, -0.25) is 4.68 Å². The van der Waals surface area contributed by atoms with Gasteiger partial charge in [-0.25, -0.2) is 0 Å². The van der Waals surface area contributed by atoms with Gasteiger partial charge in [0.2, 0.25) is 0 Å². The average Bonchev–Trinajstić information content (AvgIpc) is 2.71. The van der Waals surface area contributed by atoms with Gasteiger partial charge in [-0.2, -0.15) is 5.10 Å². The molecular formula is C16H23N3. The maximum Gasteiger partial charge on any atom is 0.115 e. The number of rotatable bonds is 4. The van der Waals surface area contributed by atoms with Gasteiger partial charge in [0.05, 0.1) is 5.69 Å². The van der Waals surface area contributed by atoms with Crippen molar-refractivity contribution in [2.45, 2.75) is 40.7 Å². The summed E-state index contributed by atoms with van der Waals surface area (Å²) >= 11 is 0. The monoisotopic (exact) mass is 257 g/mol. The predicted molar refractivity (Wildman–Crippen MR) is 81.0 cm³/mol. The van der Waals surface area contributed by atoms with E-state index in [1.165, 1.54) is 11.1 Å². The number of aromatic nitrogens is 2. The Morgan fingerprint density at radius 1 is 1.26 bits per heavy atom. The lowest BCUT2D eigenvalue weighted by atomic mass is 10.0. The van der Waals surface area contributed by atoms with Crippen LogP contribution in [-0.4, -0.2) is 9.78 Å². The molecule has 102 valence electrons. The fraction of sp³-hybridized carbons (Fsp3) is 0.438. The summed E-state index contributed by atoms with van der Waals surface area (Å²) in [5.74, 6) is 0.676. The maximum atomic E-state index is 6.12. The molecule has 0 saturated carbocycles. The van der Waals surface area contributed by atoms with E-state index < -0.39 is 0 Å². The zero-order valence-corrected chi connectivity index (χ0v) is 12.3. The van der Waals surface area contributed by atoms with E-state index in [0.29, 0.717) is 5.92 Å². The molecule has 2 rings (SSSR count). The van der Waals surface area contributed by atoms with Crippen LogP contribution in [0.2, 0.25) is 0 Å². The maximum absolute atomic E-state index is 6.12. The summed E-state index contributed by atoms with van der Waals surface area (Å²) in [4.78, 5) is 0. The molecule has 3 nitrogen and oxygen atoms in total. The van der Waals surface area contributed by atoms with Gasteiger partial charge in [0, 0.05) is 18.3 Å². The minimum atomic E-state index is 0.676. The zero-order chi connectivity index (χ0) is 14.0. The molecule has 0 unspecified atom stereocenters. The summed E-state index contributed by atoms with van der Waals surface area (Å²) in [5, 5.41) is 4.65. The number of nitrogen functional groups attached to an aromatic ring is 1. The van der Waals surface area contributed by atoms with E-state index in [1.807, 2.05) is 10.9 Å². The molecule has 0 fully saturated rings. The van der Waals surface area contributed by atoms with E-state index in [9.17, 15) is 0 Å². The molecular weight excluding hydrogens is 234 g/mol. The third-order valence-electron chi connectivity index (χ3n) is 3.37. The highest BCUT2D eigenvalue weighted by atomic mass is 15.3. The minimum Gasteiger partial charge on any atom is -0.396 e. The van der Waals surface area contributed by atoms with E-state index in [2.05, 4.69) is 51.0 Å². The normalized spacial score (nSPS) is 11.2. The molecule has 1 aromatic heterocycles. The first-order chi connectivity index (χ1) is 8.97. The Balaban J connectivity index is 2.32. The lowest BCUT2D eigenvalue weighted by Crippen LogP contribution is -2.02. The molecule has 3 heteroatoms. The number of hydrogen-bond donors (Lipinski definition) is 1. The Labute approximate surface area is 115 Å². The summed E-state index contributed by atoms with van der Waals surface area (Å²) in [6.45, 7) is 9.56. The molecule has 0 radical (unpaired) electrons. The Kier molecular flexibility index (Phi) is 3.93. The molecule has 0 atom stereocenters. The number of nitrogens with zero attached hydrogens (tertiary/aromatic N) is 2. The van der Waals surface area contributed by atoms with Gasteiger partial charge in [0.1, 0.15) is 5.69 Å². The van der Waals surface area contributed by atoms with Crippen LogP contribution < -0.4 is 5.73 Å². The second-order valence-corrected chi connectivity index (χ2v) is 5.70. The van der Waals surface area contributed by atoms with Crippen molar-refractivity contribution in [1.29, 1.82) is 0 Å². The second-order valence-electron chi connectivity index (χ2n) is 5.70. The molecule has 0 aliphatic rings. The zero-order valence-electron chi connectivity index (χ0n) is 12.3. The second kappa shape index (κ2) is 5.47. The van der Waals surface area contributed by atoms with Gasteiger partial charge in [0.15, 0.2) is 0 Å². The van der Waals surface area contributed by atoms with E-state index in [4.69, 9.17) is 5.73 Å². The Morgan fingerprint density at radius 2 is 2.00 bits per heavy atom. The van der Waals surface area contributed by atoms with Crippen molar-refractivity contribution in [3.8, 4) is 11.3 Å². The molecule has 1 heterocycles. The molecule has 19 heavy (non-hydrogen) atoms. The number of anilines is 1. The van der Waals surface area contributed by atoms with Crippen molar-refractivity contribution in [1.82, 2.24) is 9.78 Å². The smallest absolute Gasteiger partial charge is 0.115 e. The predicted octanol–water partition coefficient (Wildman–Crippen LogP) is 3.80. The number of nitrogens with two attached hydrogens (primary N) is 1. The van der Waals surface area contributed by atoms with Gasteiger partial charge < -0.3 is 5.73 Å². The molecule has 0 aliphatic carbocycles. The molecule has 1 aromatic carbocycles.